The van der Waals surface area contributed by atoms with Crippen molar-refractivity contribution >= 4 is 17.7 Å². The van der Waals surface area contributed by atoms with E-state index >= 15 is 0 Å². The largest absolute Gasteiger partial charge is 0.466 e. The van der Waals surface area contributed by atoms with Gasteiger partial charge in [0.25, 0.3) is 0 Å². The molecule has 0 bridgehead atoms. The Morgan fingerprint density at radius 3 is 2.88 bits per heavy atom. The minimum absolute atomic E-state index is 0.276. The fraction of sp³-hybridized carbons (Fsp3) is 0.455. The van der Waals surface area contributed by atoms with Crippen LogP contribution in [-0.4, -0.2) is 28.6 Å². The number of nitrogens with zero attached hydrogens (tertiary/aromatic N) is 2. The number of methoxy groups -OCH3 is 1. The van der Waals surface area contributed by atoms with Crippen LogP contribution in [0.1, 0.15) is 12.6 Å². The third kappa shape index (κ3) is 3.41. The molecular weight excluding hydrogens is 224 g/mol. The van der Waals surface area contributed by atoms with Gasteiger partial charge in [-0.1, -0.05) is 6.08 Å². The van der Waals surface area contributed by atoms with E-state index in [0.29, 0.717) is 5.57 Å². The lowest BCUT2D eigenvalue weighted by atomic mass is 10.3. The summed E-state index contributed by atoms with van der Waals surface area (Å²) in [7, 11) is 3.30. The third-order valence-electron chi connectivity index (χ3n) is 2.09. The molecule has 0 amide bonds. The minimum atomic E-state index is -0.276. The summed E-state index contributed by atoms with van der Waals surface area (Å²) >= 11 is 1.64. The Bertz CT molecular complexity index is 410. The molecule has 0 atom stereocenters. The van der Waals surface area contributed by atoms with E-state index < -0.39 is 0 Å². The zero-order chi connectivity index (χ0) is 12.1. The zero-order valence-electron chi connectivity index (χ0n) is 9.98. The van der Waals surface area contributed by atoms with Crippen molar-refractivity contribution < 1.29 is 9.53 Å². The van der Waals surface area contributed by atoms with Crippen LogP contribution in [0.4, 0.5) is 0 Å². The van der Waals surface area contributed by atoms with Crippen LogP contribution in [0.5, 0.6) is 0 Å². The number of aryl methyl sites for hydroxylation is 2. The number of carbonyl (C=O) groups is 1. The highest BCUT2D eigenvalue weighted by Gasteiger charge is 2.04. The fourth-order valence-electron chi connectivity index (χ4n) is 1.22. The summed E-state index contributed by atoms with van der Waals surface area (Å²) in [5.41, 5.74) is 1.63. The van der Waals surface area contributed by atoms with Gasteiger partial charge in [0.1, 0.15) is 0 Å². The first-order chi connectivity index (χ1) is 7.54. The fourth-order valence-corrected chi connectivity index (χ4v) is 2.20. The number of carbonyl (C=O) groups excluding carboxylic acids is 1. The first kappa shape index (κ1) is 12.8. The maximum Gasteiger partial charge on any atom is 0.333 e. The summed E-state index contributed by atoms with van der Waals surface area (Å²) in [5, 5.41) is 5.33. The van der Waals surface area contributed by atoms with E-state index in [4.69, 9.17) is 0 Å². The molecule has 0 aliphatic rings. The Morgan fingerprint density at radius 2 is 2.38 bits per heavy atom. The molecule has 0 radical (unpaired) electrons. The van der Waals surface area contributed by atoms with Gasteiger partial charge in [-0.05, 0) is 19.9 Å². The Kier molecular flexibility index (Phi) is 4.61. The van der Waals surface area contributed by atoms with Gasteiger partial charge in [0.05, 0.1) is 17.8 Å². The van der Waals surface area contributed by atoms with Gasteiger partial charge in [-0.3, -0.25) is 4.68 Å². The predicted octanol–water partition coefficient (Wildman–Crippen LogP) is 1.94. The standard InChI is InChI=1S/C11H16N2O2S/c1-8(11(14)15-4)5-6-16-10-7-9(2)12-13(10)3/h5,7H,6H2,1-4H3. The van der Waals surface area contributed by atoms with Gasteiger partial charge in [-0.2, -0.15) is 5.10 Å². The number of hydrogen-bond acceptors (Lipinski definition) is 4. The normalized spacial score (nSPS) is 11.6. The van der Waals surface area contributed by atoms with Crippen LogP contribution in [0.15, 0.2) is 22.7 Å². The third-order valence-corrected chi connectivity index (χ3v) is 3.10. The summed E-state index contributed by atoms with van der Waals surface area (Å²) in [4.78, 5) is 11.1. The predicted molar refractivity (Wildman–Crippen MR) is 64.4 cm³/mol. The number of thioether (sulfide) groups is 1. The second kappa shape index (κ2) is 5.75. The topological polar surface area (TPSA) is 44.1 Å². The maximum absolute atomic E-state index is 11.1. The van der Waals surface area contributed by atoms with Crippen molar-refractivity contribution in [2.45, 2.75) is 18.9 Å². The average molecular weight is 240 g/mol. The highest BCUT2D eigenvalue weighted by atomic mass is 32.2. The Balaban J connectivity index is 2.53. The molecule has 0 saturated heterocycles. The summed E-state index contributed by atoms with van der Waals surface area (Å²) < 4.78 is 6.44. The number of aromatic nitrogens is 2. The summed E-state index contributed by atoms with van der Waals surface area (Å²) in [6.45, 7) is 3.71. The molecular formula is C11H16N2O2S. The van der Waals surface area contributed by atoms with Gasteiger partial charge in [-0.15, -0.1) is 11.8 Å². The van der Waals surface area contributed by atoms with Gasteiger partial charge >= 0.3 is 5.97 Å². The molecule has 0 fully saturated rings. The smallest absolute Gasteiger partial charge is 0.333 e. The van der Waals surface area contributed by atoms with Gasteiger partial charge < -0.3 is 4.74 Å². The van der Waals surface area contributed by atoms with E-state index in [1.54, 1.807) is 18.7 Å². The van der Waals surface area contributed by atoms with Crippen molar-refractivity contribution in [3.8, 4) is 0 Å². The van der Waals surface area contributed by atoms with Crippen molar-refractivity contribution in [1.82, 2.24) is 9.78 Å². The molecule has 1 heterocycles. The van der Waals surface area contributed by atoms with Crippen molar-refractivity contribution in [1.29, 1.82) is 0 Å². The maximum atomic E-state index is 11.1. The molecule has 88 valence electrons. The zero-order valence-corrected chi connectivity index (χ0v) is 10.8. The average Bonchev–Trinajstić information content (AvgIpc) is 2.56. The minimum Gasteiger partial charge on any atom is -0.466 e. The van der Waals surface area contributed by atoms with E-state index in [1.807, 2.05) is 30.8 Å². The molecule has 1 aromatic heterocycles. The molecule has 0 aliphatic carbocycles. The molecule has 0 spiro atoms. The van der Waals surface area contributed by atoms with Gasteiger partial charge in [0.2, 0.25) is 0 Å². The Morgan fingerprint density at radius 1 is 1.69 bits per heavy atom. The molecule has 5 heteroatoms. The number of hydrogen-bond donors (Lipinski definition) is 0. The lowest BCUT2D eigenvalue weighted by Crippen LogP contribution is -2.01. The molecule has 0 saturated carbocycles. The number of ether oxygens (including phenoxy) is 1. The van der Waals surface area contributed by atoms with Crippen molar-refractivity contribution in [3.05, 3.63) is 23.4 Å². The van der Waals surface area contributed by atoms with E-state index in [0.717, 1.165) is 16.5 Å². The molecule has 1 rings (SSSR count). The molecule has 0 unspecified atom stereocenters. The highest BCUT2D eigenvalue weighted by molar-refractivity contribution is 7.99. The van der Waals surface area contributed by atoms with Crippen LogP contribution in [0, 0.1) is 6.92 Å². The van der Waals surface area contributed by atoms with Gasteiger partial charge in [-0.25, -0.2) is 4.79 Å². The van der Waals surface area contributed by atoms with Gasteiger partial charge in [0, 0.05) is 18.4 Å². The SMILES string of the molecule is COC(=O)C(C)=CCSc1cc(C)nn1C. The Hall–Kier alpha value is -1.23. The van der Waals surface area contributed by atoms with E-state index in [2.05, 4.69) is 9.84 Å². The molecule has 4 nitrogen and oxygen atoms in total. The summed E-state index contributed by atoms with van der Waals surface area (Å²) in [6.07, 6.45) is 1.86. The molecule has 0 aromatic carbocycles. The molecule has 1 aromatic rings. The lowest BCUT2D eigenvalue weighted by Gasteiger charge is -2.00. The number of esters is 1. The second-order valence-electron chi connectivity index (χ2n) is 3.44. The Labute approximate surface area is 99.7 Å². The van der Waals surface area contributed by atoms with Crippen LogP contribution in [-0.2, 0) is 16.6 Å². The highest BCUT2D eigenvalue weighted by Crippen LogP contribution is 2.18. The van der Waals surface area contributed by atoms with Crippen molar-refractivity contribution in [2.75, 3.05) is 12.9 Å². The first-order valence-corrected chi connectivity index (χ1v) is 5.91. The van der Waals surface area contributed by atoms with Crippen LogP contribution in [0.2, 0.25) is 0 Å². The van der Waals surface area contributed by atoms with Crippen LogP contribution < -0.4 is 0 Å². The summed E-state index contributed by atoms with van der Waals surface area (Å²) in [6, 6.07) is 2.02. The van der Waals surface area contributed by atoms with Crippen LogP contribution >= 0.6 is 11.8 Å². The van der Waals surface area contributed by atoms with Crippen molar-refractivity contribution in [2.24, 2.45) is 7.05 Å². The second-order valence-corrected chi connectivity index (χ2v) is 4.48. The van der Waals surface area contributed by atoms with E-state index in [-0.39, 0.29) is 5.97 Å². The quantitative estimate of drug-likeness (QED) is 0.458. The summed E-state index contributed by atoms with van der Waals surface area (Å²) in [5.74, 6) is 0.460. The van der Waals surface area contributed by atoms with E-state index in [9.17, 15) is 4.79 Å². The van der Waals surface area contributed by atoms with Crippen molar-refractivity contribution in [3.63, 3.8) is 0 Å². The van der Waals surface area contributed by atoms with Gasteiger partial charge in [0.15, 0.2) is 0 Å². The molecule has 16 heavy (non-hydrogen) atoms. The molecule has 0 N–H and O–H groups in total. The first-order valence-electron chi connectivity index (χ1n) is 4.93. The van der Waals surface area contributed by atoms with E-state index in [1.165, 1.54) is 7.11 Å². The van der Waals surface area contributed by atoms with Crippen LogP contribution in [0.25, 0.3) is 0 Å². The number of rotatable bonds is 4. The monoisotopic (exact) mass is 240 g/mol. The molecule has 0 aliphatic heterocycles. The lowest BCUT2D eigenvalue weighted by molar-refractivity contribution is -0.136. The van der Waals surface area contributed by atoms with Crippen LogP contribution in [0.3, 0.4) is 0 Å².